The lowest BCUT2D eigenvalue weighted by atomic mass is 10.1. The average molecular weight is 295 g/mol. The number of nitrogens with one attached hydrogen (secondary N) is 1. The first-order chi connectivity index (χ1) is 9.53. The minimum atomic E-state index is 0.0653. The second kappa shape index (κ2) is 8.15. The Morgan fingerprint density at radius 3 is 2.70 bits per heavy atom. The van der Waals surface area contributed by atoms with Gasteiger partial charge in [0.15, 0.2) is 0 Å². The zero-order chi connectivity index (χ0) is 15.1. The summed E-state index contributed by atoms with van der Waals surface area (Å²) in [5.41, 5.74) is 1.56. The van der Waals surface area contributed by atoms with Gasteiger partial charge in [-0.25, -0.2) is 4.98 Å². The highest BCUT2D eigenvalue weighted by atomic mass is 32.2. The van der Waals surface area contributed by atoms with E-state index < -0.39 is 0 Å². The van der Waals surface area contributed by atoms with E-state index in [0.29, 0.717) is 5.56 Å². The van der Waals surface area contributed by atoms with Crippen LogP contribution in [0.4, 0.5) is 5.82 Å². The van der Waals surface area contributed by atoms with Crippen molar-refractivity contribution in [1.29, 1.82) is 0 Å². The highest BCUT2D eigenvalue weighted by molar-refractivity contribution is 7.98. The molecule has 1 aromatic heterocycles. The Morgan fingerprint density at radius 1 is 1.45 bits per heavy atom. The average Bonchev–Trinajstić information content (AvgIpc) is 2.43. The van der Waals surface area contributed by atoms with E-state index in [-0.39, 0.29) is 11.9 Å². The van der Waals surface area contributed by atoms with Gasteiger partial charge in [-0.1, -0.05) is 6.92 Å². The Kier molecular flexibility index (Phi) is 6.85. The summed E-state index contributed by atoms with van der Waals surface area (Å²) in [4.78, 5) is 18.8. The molecule has 4 nitrogen and oxygen atoms in total. The number of rotatable bonds is 7. The molecule has 1 amide bonds. The molecule has 0 bridgehead atoms. The molecular weight excluding hydrogens is 270 g/mol. The lowest BCUT2D eigenvalue weighted by Gasteiger charge is -2.27. The maximum absolute atomic E-state index is 12.6. The Morgan fingerprint density at radius 2 is 2.15 bits per heavy atom. The number of aryl methyl sites for hydroxylation is 1. The predicted molar refractivity (Wildman–Crippen MR) is 87.7 cm³/mol. The number of amides is 1. The fourth-order valence-electron chi connectivity index (χ4n) is 2.13. The molecule has 0 spiro atoms. The molecule has 0 radical (unpaired) electrons. The maximum atomic E-state index is 12.6. The molecule has 5 heteroatoms. The molecule has 1 heterocycles. The van der Waals surface area contributed by atoms with Crippen molar-refractivity contribution in [1.82, 2.24) is 9.88 Å². The zero-order valence-electron chi connectivity index (χ0n) is 13.1. The van der Waals surface area contributed by atoms with E-state index in [0.717, 1.165) is 30.2 Å². The van der Waals surface area contributed by atoms with Crippen LogP contribution < -0.4 is 5.32 Å². The minimum Gasteiger partial charge on any atom is -0.370 e. The summed E-state index contributed by atoms with van der Waals surface area (Å²) in [5, 5.41) is 3.16. The van der Waals surface area contributed by atoms with Gasteiger partial charge in [0.2, 0.25) is 0 Å². The van der Waals surface area contributed by atoms with Crippen LogP contribution in [0.5, 0.6) is 0 Å². The molecule has 0 aromatic carbocycles. The molecule has 1 rings (SSSR count). The molecule has 1 unspecified atom stereocenters. The van der Waals surface area contributed by atoms with Gasteiger partial charge in [0.1, 0.15) is 5.82 Å². The number of aromatic nitrogens is 1. The van der Waals surface area contributed by atoms with Gasteiger partial charge in [0.25, 0.3) is 5.91 Å². The van der Waals surface area contributed by atoms with Crippen LogP contribution in [-0.2, 0) is 0 Å². The van der Waals surface area contributed by atoms with Crippen molar-refractivity contribution in [2.45, 2.75) is 33.2 Å². The highest BCUT2D eigenvalue weighted by Gasteiger charge is 2.20. The number of carbonyl (C=O) groups is 1. The lowest BCUT2D eigenvalue weighted by molar-refractivity contribution is 0.0743. The van der Waals surface area contributed by atoms with Gasteiger partial charge in [-0.05, 0) is 38.7 Å². The number of nitrogens with zero attached hydrogens (tertiary/aromatic N) is 2. The molecule has 0 aliphatic carbocycles. The molecule has 0 fully saturated rings. The number of hydrogen-bond donors (Lipinski definition) is 1. The first-order valence-electron chi connectivity index (χ1n) is 7.02. The Bertz CT molecular complexity index is 451. The van der Waals surface area contributed by atoms with Gasteiger partial charge in [-0.2, -0.15) is 11.8 Å². The highest BCUT2D eigenvalue weighted by Crippen LogP contribution is 2.16. The first kappa shape index (κ1) is 16.8. The van der Waals surface area contributed by atoms with Crippen LogP contribution in [0.2, 0.25) is 0 Å². The van der Waals surface area contributed by atoms with E-state index in [2.05, 4.69) is 23.5 Å². The zero-order valence-corrected chi connectivity index (χ0v) is 13.9. The van der Waals surface area contributed by atoms with Crippen LogP contribution >= 0.6 is 11.8 Å². The fraction of sp³-hybridized carbons (Fsp3) is 0.600. The van der Waals surface area contributed by atoms with Crippen molar-refractivity contribution in [2.24, 2.45) is 0 Å². The topological polar surface area (TPSA) is 45.2 Å². The molecule has 0 saturated carbocycles. The predicted octanol–water partition coefficient (Wildman–Crippen LogP) is 3.04. The van der Waals surface area contributed by atoms with E-state index >= 15 is 0 Å². The third kappa shape index (κ3) is 4.40. The SMILES string of the molecule is CCNc1cc(C(=O)N(C)C(CC)CSC)cc(C)n1. The smallest absolute Gasteiger partial charge is 0.254 e. The van der Waals surface area contributed by atoms with Crippen molar-refractivity contribution >= 4 is 23.5 Å². The summed E-state index contributed by atoms with van der Waals surface area (Å²) in [6.45, 7) is 6.84. The van der Waals surface area contributed by atoms with E-state index in [9.17, 15) is 4.79 Å². The van der Waals surface area contributed by atoms with Crippen molar-refractivity contribution < 1.29 is 4.79 Å². The van der Waals surface area contributed by atoms with Crippen molar-refractivity contribution in [3.05, 3.63) is 23.4 Å². The number of hydrogen-bond acceptors (Lipinski definition) is 4. The molecule has 1 aromatic rings. The fourth-order valence-corrected chi connectivity index (χ4v) is 2.97. The second-order valence-electron chi connectivity index (χ2n) is 4.85. The number of pyridine rings is 1. The molecule has 0 aliphatic heterocycles. The summed E-state index contributed by atoms with van der Waals surface area (Å²) in [5.74, 6) is 1.79. The summed E-state index contributed by atoms with van der Waals surface area (Å²) < 4.78 is 0. The largest absolute Gasteiger partial charge is 0.370 e. The van der Waals surface area contributed by atoms with Crippen LogP contribution in [0.25, 0.3) is 0 Å². The first-order valence-corrected chi connectivity index (χ1v) is 8.41. The Hall–Kier alpha value is -1.23. The van der Waals surface area contributed by atoms with Gasteiger partial charge in [0, 0.05) is 36.6 Å². The van der Waals surface area contributed by atoms with Gasteiger partial charge >= 0.3 is 0 Å². The number of anilines is 1. The summed E-state index contributed by atoms with van der Waals surface area (Å²) in [7, 11) is 1.88. The minimum absolute atomic E-state index is 0.0653. The van der Waals surface area contributed by atoms with Crippen LogP contribution in [0.15, 0.2) is 12.1 Å². The van der Waals surface area contributed by atoms with Crippen LogP contribution in [0.3, 0.4) is 0 Å². The molecular formula is C15H25N3OS. The molecule has 0 saturated heterocycles. The summed E-state index contributed by atoms with van der Waals surface area (Å²) >= 11 is 1.77. The Labute approximate surface area is 126 Å². The summed E-state index contributed by atoms with van der Waals surface area (Å²) in [6.07, 6.45) is 3.04. The van der Waals surface area contributed by atoms with Gasteiger partial charge < -0.3 is 10.2 Å². The quantitative estimate of drug-likeness (QED) is 0.840. The molecule has 1 atom stereocenters. The van der Waals surface area contributed by atoms with Crippen LogP contribution in [0, 0.1) is 6.92 Å². The third-order valence-electron chi connectivity index (χ3n) is 3.26. The van der Waals surface area contributed by atoms with Crippen molar-refractivity contribution in [2.75, 3.05) is 30.9 Å². The monoisotopic (exact) mass is 295 g/mol. The number of carbonyl (C=O) groups excluding carboxylic acids is 1. The standard InChI is InChI=1S/C15H25N3OS/c1-6-13(10-20-5)18(4)15(19)12-8-11(3)17-14(9-12)16-7-2/h8-9,13H,6-7,10H2,1-5H3,(H,16,17). The lowest BCUT2D eigenvalue weighted by Crippen LogP contribution is -2.38. The normalized spacial score (nSPS) is 12.1. The van der Waals surface area contributed by atoms with Gasteiger partial charge in [0.05, 0.1) is 0 Å². The molecule has 20 heavy (non-hydrogen) atoms. The van der Waals surface area contributed by atoms with Crippen LogP contribution in [-0.4, -0.2) is 47.4 Å². The van der Waals surface area contributed by atoms with E-state index in [1.54, 1.807) is 11.8 Å². The molecule has 112 valence electrons. The molecule has 0 aliphatic rings. The third-order valence-corrected chi connectivity index (χ3v) is 3.97. The molecule has 1 N–H and O–H groups in total. The van der Waals surface area contributed by atoms with E-state index in [4.69, 9.17) is 0 Å². The van der Waals surface area contributed by atoms with Gasteiger partial charge in [-0.3, -0.25) is 4.79 Å². The maximum Gasteiger partial charge on any atom is 0.254 e. The second-order valence-corrected chi connectivity index (χ2v) is 5.76. The van der Waals surface area contributed by atoms with E-state index in [1.807, 2.05) is 37.9 Å². The van der Waals surface area contributed by atoms with E-state index in [1.165, 1.54) is 0 Å². The van der Waals surface area contributed by atoms with Crippen molar-refractivity contribution in [3.8, 4) is 0 Å². The van der Waals surface area contributed by atoms with Gasteiger partial charge in [-0.15, -0.1) is 0 Å². The van der Waals surface area contributed by atoms with Crippen molar-refractivity contribution in [3.63, 3.8) is 0 Å². The van der Waals surface area contributed by atoms with Crippen LogP contribution in [0.1, 0.15) is 36.3 Å². The summed E-state index contributed by atoms with van der Waals surface area (Å²) in [6, 6.07) is 3.96. The number of thioether (sulfide) groups is 1. The Balaban J connectivity index is 2.95.